The van der Waals surface area contributed by atoms with E-state index in [1.54, 1.807) is 24.4 Å². The number of piperazine rings is 1. The average molecular weight is 455 g/mol. The molecule has 0 bridgehead atoms. The van der Waals surface area contributed by atoms with Gasteiger partial charge in [0.15, 0.2) is 0 Å². The van der Waals surface area contributed by atoms with Gasteiger partial charge in [-0.25, -0.2) is 12.4 Å². The van der Waals surface area contributed by atoms with Crippen LogP contribution < -0.4 is 15.1 Å². The summed E-state index contributed by atoms with van der Waals surface area (Å²) >= 11 is 0. The molecule has 0 amide bonds. The molecule has 1 atom stereocenters. The second-order valence-electron chi connectivity index (χ2n) is 8.63. The molecule has 1 aromatic heterocycles. The van der Waals surface area contributed by atoms with E-state index >= 15 is 0 Å². The van der Waals surface area contributed by atoms with Crippen LogP contribution in [0.25, 0.3) is 10.9 Å². The van der Waals surface area contributed by atoms with E-state index in [9.17, 15) is 13.5 Å². The molecule has 0 spiro atoms. The molecule has 32 heavy (non-hydrogen) atoms. The number of aryl methyl sites for hydroxylation is 1. The Bertz CT molecular complexity index is 1230. The topological polar surface area (TPSA) is 77.8 Å². The number of rotatable bonds is 5. The van der Waals surface area contributed by atoms with E-state index in [0.29, 0.717) is 13.0 Å². The lowest BCUT2D eigenvalue weighted by Gasteiger charge is -2.29. The Labute approximate surface area is 189 Å². The number of nitrogens with zero attached hydrogens (tertiary/aromatic N) is 3. The van der Waals surface area contributed by atoms with Crippen LogP contribution >= 0.6 is 0 Å². The number of fused-ring (bicyclic) bond motifs is 1. The summed E-state index contributed by atoms with van der Waals surface area (Å²) in [6, 6.07) is 13.2. The van der Waals surface area contributed by atoms with E-state index in [1.165, 1.54) is 3.97 Å². The van der Waals surface area contributed by atoms with Crippen LogP contribution in [0, 0.1) is 0 Å². The Balaban J connectivity index is 1.58. The maximum Gasteiger partial charge on any atom is 0.268 e. The molecule has 2 aliphatic heterocycles. The van der Waals surface area contributed by atoms with Crippen molar-refractivity contribution < 1.29 is 13.5 Å². The monoisotopic (exact) mass is 454 g/mol. The van der Waals surface area contributed by atoms with Crippen molar-refractivity contribution in [1.82, 2.24) is 9.29 Å². The zero-order valence-corrected chi connectivity index (χ0v) is 19.2. The van der Waals surface area contributed by atoms with Gasteiger partial charge in [-0.15, -0.1) is 0 Å². The first-order valence-corrected chi connectivity index (χ1v) is 12.8. The highest BCUT2D eigenvalue weighted by molar-refractivity contribution is 7.90. The molecule has 8 heteroatoms. The van der Waals surface area contributed by atoms with E-state index < -0.39 is 10.0 Å². The van der Waals surface area contributed by atoms with Crippen LogP contribution in [0.15, 0.2) is 53.6 Å². The molecule has 3 heterocycles. The molecule has 0 aliphatic carbocycles. The summed E-state index contributed by atoms with van der Waals surface area (Å²) in [5, 5.41) is 14.2. The van der Waals surface area contributed by atoms with Gasteiger partial charge in [-0.3, -0.25) is 0 Å². The summed E-state index contributed by atoms with van der Waals surface area (Å²) in [5.74, 6) is 0. The van der Waals surface area contributed by atoms with Crippen LogP contribution in [0.1, 0.15) is 18.9 Å². The third-order valence-electron chi connectivity index (χ3n) is 6.60. The third kappa shape index (κ3) is 3.76. The normalized spacial score (nSPS) is 19.8. The fourth-order valence-electron chi connectivity index (χ4n) is 4.79. The van der Waals surface area contributed by atoms with Crippen molar-refractivity contribution >= 4 is 32.3 Å². The quantitative estimate of drug-likeness (QED) is 0.617. The molecule has 170 valence electrons. The number of aliphatic hydroxyl groups excluding tert-OH is 1. The largest absolute Gasteiger partial charge is 0.391 e. The van der Waals surface area contributed by atoms with Crippen molar-refractivity contribution in [2.24, 2.45) is 0 Å². The smallest absolute Gasteiger partial charge is 0.268 e. The highest BCUT2D eigenvalue weighted by atomic mass is 32.2. The van der Waals surface area contributed by atoms with E-state index in [2.05, 4.69) is 29.3 Å². The second-order valence-corrected chi connectivity index (χ2v) is 10.4. The number of anilines is 2. The molecule has 2 aliphatic rings. The fraction of sp³-hybridized carbons (Fsp3) is 0.417. The average Bonchev–Trinajstić information content (AvgIpc) is 3.43. The van der Waals surface area contributed by atoms with Gasteiger partial charge in [0.05, 0.1) is 16.5 Å². The SMILES string of the molecule is CCc1cn(S(=O)(=O)c2cccc(N3CCC(O)C3)c2)c2cc(N3CCNCC3)ccc12. The molecular formula is C24H30N4O3S. The first kappa shape index (κ1) is 21.3. The predicted molar refractivity (Wildman–Crippen MR) is 128 cm³/mol. The van der Waals surface area contributed by atoms with E-state index in [4.69, 9.17) is 0 Å². The van der Waals surface area contributed by atoms with Crippen molar-refractivity contribution in [2.45, 2.75) is 30.8 Å². The summed E-state index contributed by atoms with van der Waals surface area (Å²) in [7, 11) is -3.77. The Hall–Kier alpha value is -2.55. The maximum atomic E-state index is 13.8. The molecular weight excluding hydrogens is 424 g/mol. The van der Waals surface area contributed by atoms with Gasteiger partial charge in [0.25, 0.3) is 10.0 Å². The Kier molecular flexibility index (Phi) is 5.61. The summed E-state index contributed by atoms with van der Waals surface area (Å²) in [5.41, 5.74) is 3.63. The number of nitrogens with one attached hydrogen (secondary N) is 1. The molecule has 2 aromatic carbocycles. The number of hydrogen-bond donors (Lipinski definition) is 2. The molecule has 2 saturated heterocycles. The number of β-amino-alcohol motifs (C(OH)–C–C–N with tert-alkyl or cyclic N) is 1. The second kappa shape index (κ2) is 8.42. The van der Waals surface area contributed by atoms with Gasteiger partial charge < -0.3 is 20.2 Å². The lowest BCUT2D eigenvalue weighted by atomic mass is 10.1. The summed E-state index contributed by atoms with van der Waals surface area (Å²) in [4.78, 5) is 4.60. The van der Waals surface area contributed by atoms with Crippen LogP contribution in [0.2, 0.25) is 0 Å². The van der Waals surface area contributed by atoms with Gasteiger partial charge in [-0.05, 0) is 48.7 Å². The molecule has 2 N–H and O–H groups in total. The molecule has 0 radical (unpaired) electrons. The predicted octanol–water partition coefficient (Wildman–Crippen LogP) is 2.42. The minimum Gasteiger partial charge on any atom is -0.391 e. The highest BCUT2D eigenvalue weighted by Gasteiger charge is 2.25. The number of aromatic nitrogens is 1. The fourth-order valence-corrected chi connectivity index (χ4v) is 6.21. The van der Waals surface area contributed by atoms with Crippen molar-refractivity contribution in [3.8, 4) is 0 Å². The molecule has 7 nitrogen and oxygen atoms in total. The van der Waals surface area contributed by atoms with E-state index in [0.717, 1.165) is 67.0 Å². The van der Waals surface area contributed by atoms with Gasteiger partial charge in [-0.2, -0.15) is 0 Å². The van der Waals surface area contributed by atoms with Crippen LogP contribution in [0.3, 0.4) is 0 Å². The molecule has 5 rings (SSSR count). The van der Waals surface area contributed by atoms with Crippen molar-refractivity contribution in [1.29, 1.82) is 0 Å². The number of hydrogen-bond acceptors (Lipinski definition) is 6. The lowest BCUT2D eigenvalue weighted by molar-refractivity contribution is 0.198. The van der Waals surface area contributed by atoms with Gasteiger partial charge in [-0.1, -0.05) is 19.1 Å². The van der Waals surface area contributed by atoms with Gasteiger partial charge in [0.1, 0.15) is 0 Å². The molecule has 3 aromatic rings. The van der Waals surface area contributed by atoms with Gasteiger partial charge in [0, 0.05) is 62.2 Å². The number of aliphatic hydroxyl groups is 1. The Morgan fingerprint density at radius 2 is 1.81 bits per heavy atom. The third-order valence-corrected chi connectivity index (χ3v) is 8.27. The van der Waals surface area contributed by atoms with Crippen molar-refractivity contribution in [3.05, 3.63) is 54.2 Å². The molecule has 0 saturated carbocycles. The van der Waals surface area contributed by atoms with E-state index in [-0.39, 0.29) is 11.0 Å². The zero-order valence-electron chi connectivity index (χ0n) is 18.4. The maximum absolute atomic E-state index is 13.8. The standard InChI is InChI=1S/C24H30N4O3S/c1-2-18-16-28(24-15-20(6-7-23(18)24)26-12-9-25-10-13-26)32(30,31)22-5-3-4-19(14-22)27-11-8-21(29)17-27/h3-7,14-16,21,25,29H,2,8-13,17H2,1H3. The lowest BCUT2D eigenvalue weighted by Crippen LogP contribution is -2.43. The van der Waals surface area contributed by atoms with E-state index in [1.807, 2.05) is 17.0 Å². The minimum atomic E-state index is -3.77. The van der Waals surface area contributed by atoms with Crippen molar-refractivity contribution in [3.63, 3.8) is 0 Å². The van der Waals surface area contributed by atoms with Crippen LogP contribution in [-0.4, -0.2) is 62.9 Å². The summed E-state index contributed by atoms with van der Waals surface area (Å²) in [6.07, 6.45) is 2.87. The minimum absolute atomic E-state index is 0.267. The number of benzene rings is 2. The van der Waals surface area contributed by atoms with Crippen LogP contribution in [0.5, 0.6) is 0 Å². The first-order chi connectivity index (χ1) is 15.5. The zero-order chi connectivity index (χ0) is 22.3. The molecule has 2 fully saturated rings. The Morgan fingerprint density at radius 1 is 1.03 bits per heavy atom. The summed E-state index contributed by atoms with van der Waals surface area (Å²) < 4.78 is 29.0. The summed E-state index contributed by atoms with van der Waals surface area (Å²) in [6.45, 7) is 6.97. The first-order valence-electron chi connectivity index (χ1n) is 11.4. The van der Waals surface area contributed by atoms with Gasteiger partial charge >= 0.3 is 0 Å². The van der Waals surface area contributed by atoms with Crippen LogP contribution in [0.4, 0.5) is 11.4 Å². The highest BCUT2D eigenvalue weighted by Crippen LogP contribution is 2.31. The van der Waals surface area contributed by atoms with Crippen molar-refractivity contribution in [2.75, 3.05) is 49.1 Å². The van der Waals surface area contributed by atoms with Crippen LogP contribution in [-0.2, 0) is 16.4 Å². The Morgan fingerprint density at radius 3 is 2.53 bits per heavy atom. The molecule has 1 unspecified atom stereocenters. The van der Waals surface area contributed by atoms with Gasteiger partial charge in [0.2, 0.25) is 0 Å².